The number of aliphatic imine (C=N–C) groups is 1. The molecule has 0 saturated carbocycles. The molecular formula is C15H17NO2. The van der Waals surface area contributed by atoms with Gasteiger partial charge >= 0.3 is 5.97 Å². The Morgan fingerprint density at radius 1 is 1.33 bits per heavy atom. The van der Waals surface area contributed by atoms with Crippen molar-refractivity contribution in [1.29, 1.82) is 0 Å². The van der Waals surface area contributed by atoms with Crippen LogP contribution in [0.15, 0.2) is 47.0 Å². The number of ether oxygens (including phenoxy) is 1. The van der Waals surface area contributed by atoms with Gasteiger partial charge in [0.15, 0.2) is 5.54 Å². The zero-order chi connectivity index (χ0) is 13.2. The minimum absolute atomic E-state index is 0.279. The number of benzene rings is 1. The SMILES string of the molecule is CC(C)=CC[C@]1(C)N=C(c2ccccc2)OC1=O. The molecule has 3 heteroatoms. The summed E-state index contributed by atoms with van der Waals surface area (Å²) in [6, 6.07) is 9.50. The summed E-state index contributed by atoms with van der Waals surface area (Å²) in [7, 11) is 0. The van der Waals surface area contributed by atoms with Gasteiger partial charge in [0, 0.05) is 12.0 Å². The van der Waals surface area contributed by atoms with Crippen LogP contribution < -0.4 is 0 Å². The van der Waals surface area contributed by atoms with Crippen LogP contribution in [0.5, 0.6) is 0 Å². The minimum Gasteiger partial charge on any atom is -0.405 e. The Kier molecular flexibility index (Phi) is 3.32. The van der Waals surface area contributed by atoms with Crippen molar-refractivity contribution in [3.8, 4) is 0 Å². The van der Waals surface area contributed by atoms with Crippen LogP contribution in [0.3, 0.4) is 0 Å². The van der Waals surface area contributed by atoms with Gasteiger partial charge in [-0.2, -0.15) is 0 Å². The number of carbonyl (C=O) groups is 1. The third-order valence-corrected chi connectivity index (χ3v) is 2.91. The quantitative estimate of drug-likeness (QED) is 0.604. The molecule has 0 fully saturated rings. The highest BCUT2D eigenvalue weighted by molar-refractivity contribution is 6.07. The first-order valence-corrected chi connectivity index (χ1v) is 6.02. The highest BCUT2D eigenvalue weighted by Crippen LogP contribution is 2.27. The maximum atomic E-state index is 11.9. The summed E-state index contributed by atoms with van der Waals surface area (Å²) in [5.41, 5.74) is 1.22. The van der Waals surface area contributed by atoms with Crippen molar-refractivity contribution in [3.05, 3.63) is 47.5 Å². The Morgan fingerprint density at radius 2 is 2.00 bits per heavy atom. The highest BCUT2D eigenvalue weighted by Gasteiger charge is 2.40. The number of hydrogen-bond acceptors (Lipinski definition) is 3. The summed E-state index contributed by atoms with van der Waals surface area (Å²) in [5.74, 6) is 0.143. The van der Waals surface area contributed by atoms with E-state index in [0.717, 1.165) is 5.56 Å². The molecule has 0 bridgehead atoms. The van der Waals surface area contributed by atoms with Gasteiger partial charge in [-0.15, -0.1) is 0 Å². The molecule has 0 aromatic heterocycles. The van der Waals surface area contributed by atoms with E-state index in [0.29, 0.717) is 12.3 Å². The molecule has 1 aliphatic heterocycles. The highest BCUT2D eigenvalue weighted by atomic mass is 16.6. The summed E-state index contributed by atoms with van der Waals surface area (Å²) < 4.78 is 5.28. The second-order valence-electron chi connectivity index (χ2n) is 4.93. The van der Waals surface area contributed by atoms with Crippen molar-refractivity contribution < 1.29 is 9.53 Å². The predicted molar refractivity (Wildman–Crippen MR) is 71.5 cm³/mol. The second-order valence-corrected chi connectivity index (χ2v) is 4.93. The fourth-order valence-electron chi connectivity index (χ4n) is 1.73. The third-order valence-electron chi connectivity index (χ3n) is 2.91. The van der Waals surface area contributed by atoms with Crippen LogP contribution in [-0.4, -0.2) is 17.4 Å². The molecule has 94 valence electrons. The van der Waals surface area contributed by atoms with E-state index in [9.17, 15) is 4.79 Å². The molecule has 1 aromatic carbocycles. The van der Waals surface area contributed by atoms with Crippen molar-refractivity contribution >= 4 is 11.9 Å². The van der Waals surface area contributed by atoms with Gasteiger partial charge in [0.1, 0.15) is 0 Å². The standard InChI is InChI=1S/C15H17NO2/c1-11(2)9-10-15(3)14(17)18-13(16-15)12-7-5-4-6-8-12/h4-9H,10H2,1-3H3/t15-/m0/s1. The lowest BCUT2D eigenvalue weighted by Crippen LogP contribution is -2.29. The normalized spacial score (nSPS) is 22.4. The third kappa shape index (κ3) is 2.50. The number of esters is 1. The first-order chi connectivity index (χ1) is 8.51. The zero-order valence-electron chi connectivity index (χ0n) is 10.9. The molecule has 1 aromatic rings. The van der Waals surface area contributed by atoms with Gasteiger partial charge in [-0.05, 0) is 32.9 Å². The Morgan fingerprint density at radius 3 is 2.61 bits per heavy atom. The maximum absolute atomic E-state index is 11.9. The molecule has 1 atom stereocenters. The lowest BCUT2D eigenvalue weighted by atomic mass is 9.98. The van der Waals surface area contributed by atoms with Gasteiger partial charge < -0.3 is 4.74 Å². The smallest absolute Gasteiger partial charge is 0.340 e. The average Bonchev–Trinajstić information content (AvgIpc) is 2.65. The molecule has 0 amide bonds. The van der Waals surface area contributed by atoms with Gasteiger partial charge in [0.25, 0.3) is 0 Å². The van der Waals surface area contributed by atoms with E-state index in [1.54, 1.807) is 0 Å². The average molecular weight is 243 g/mol. The topological polar surface area (TPSA) is 38.7 Å². The minimum atomic E-state index is -0.789. The zero-order valence-corrected chi connectivity index (χ0v) is 10.9. The van der Waals surface area contributed by atoms with Crippen LogP contribution in [0, 0.1) is 0 Å². The monoisotopic (exact) mass is 243 g/mol. The molecule has 0 spiro atoms. The van der Waals surface area contributed by atoms with E-state index in [1.807, 2.05) is 57.2 Å². The van der Waals surface area contributed by atoms with Crippen LogP contribution in [0.25, 0.3) is 0 Å². The van der Waals surface area contributed by atoms with Gasteiger partial charge in [0.05, 0.1) is 0 Å². The van der Waals surface area contributed by atoms with Gasteiger partial charge in [0.2, 0.25) is 5.90 Å². The first kappa shape index (κ1) is 12.6. The Bertz CT molecular complexity index is 513. The molecule has 18 heavy (non-hydrogen) atoms. The van der Waals surface area contributed by atoms with Crippen molar-refractivity contribution in [2.45, 2.75) is 32.7 Å². The van der Waals surface area contributed by atoms with E-state index in [-0.39, 0.29) is 5.97 Å². The van der Waals surface area contributed by atoms with Crippen LogP contribution in [0.1, 0.15) is 32.8 Å². The predicted octanol–water partition coefficient (Wildman–Crippen LogP) is 3.11. The van der Waals surface area contributed by atoms with Gasteiger partial charge in [-0.1, -0.05) is 29.8 Å². The number of nitrogens with zero attached hydrogens (tertiary/aromatic N) is 1. The molecule has 0 N–H and O–H groups in total. The lowest BCUT2D eigenvalue weighted by molar-refractivity contribution is -0.138. The summed E-state index contributed by atoms with van der Waals surface area (Å²) in [6.07, 6.45) is 2.59. The summed E-state index contributed by atoms with van der Waals surface area (Å²) >= 11 is 0. The first-order valence-electron chi connectivity index (χ1n) is 6.02. The van der Waals surface area contributed by atoms with Gasteiger partial charge in [-0.25, -0.2) is 9.79 Å². The fraction of sp³-hybridized carbons (Fsp3) is 0.333. The number of allylic oxidation sites excluding steroid dienone is 1. The van der Waals surface area contributed by atoms with Crippen LogP contribution in [0.4, 0.5) is 0 Å². The fourth-order valence-corrected chi connectivity index (χ4v) is 1.73. The van der Waals surface area contributed by atoms with E-state index in [1.165, 1.54) is 5.57 Å². The molecule has 2 rings (SSSR count). The summed E-state index contributed by atoms with van der Waals surface area (Å²) in [5, 5.41) is 0. The maximum Gasteiger partial charge on any atom is 0.340 e. The number of cyclic esters (lactones) is 1. The molecular weight excluding hydrogens is 226 g/mol. The van der Waals surface area contributed by atoms with Gasteiger partial charge in [-0.3, -0.25) is 0 Å². The Labute approximate surface area is 107 Å². The molecule has 3 nitrogen and oxygen atoms in total. The Hall–Kier alpha value is -1.90. The van der Waals surface area contributed by atoms with E-state index >= 15 is 0 Å². The molecule has 0 unspecified atom stereocenters. The van der Waals surface area contributed by atoms with E-state index in [2.05, 4.69) is 4.99 Å². The van der Waals surface area contributed by atoms with E-state index < -0.39 is 5.54 Å². The lowest BCUT2D eigenvalue weighted by Gasteiger charge is -2.13. The van der Waals surface area contributed by atoms with Crippen molar-refractivity contribution in [2.75, 3.05) is 0 Å². The Balaban J connectivity index is 2.27. The van der Waals surface area contributed by atoms with Crippen molar-refractivity contribution in [2.24, 2.45) is 4.99 Å². The number of hydrogen-bond donors (Lipinski definition) is 0. The molecule has 1 heterocycles. The van der Waals surface area contributed by atoms with Crippen molar-refractivity contribution in [3.63, 3.8) is 0 Å². The second kappa shape index (κ2) is 4.77. The largest absolute Gasteiger partial charge is 0.405 e. The molecule has 0 radical (unpaired) electrons. The van der Waals surface area contributed by atoms with Crippen LogP contribution in [0.2, 0.25) is 0 Å². The number of rotatable bonds is 3. The summed E-state index contributed by atoms with van der Waals surface area (Å²) in [6.45, 7) is 5.82. The molecule has 1 aliphatic rings. The number of carbonyl (C=O) groups excluding carboxylic acids is 1. The van der Waals surface area contributed by atoms with E-state index in [4.69, 9.17) is 4.74 Å². The molecule has 0 aliphatic carbocycles. The van der Waals surface area contributed by atoms with Crippen LogP contribution in [-0.2, 0) is 9.53 Å². The molecule has 0 saturated heterocycles. The summed E-state index contributed by atoms with van der Waals surface area (Å²) in [4.78, 5) is 16.4. The van der Waals surface area contributed by atoms with Crippen molar-refractivity contribution in [1.82, 2.24) is 0 Å². The van der Waals surface area contributed by atoms with Crippen LogP contribution >= 0.6 is 0 Å².